The van der Waals surface area contributed by atoms with E-state index in [1.54, 1.807) is 33.9 Å². The lowest BCUT2D eigenvalue weighted by Gasteiger charge is -2.15. The molecule has 0 amide bonds. The van der Waals surface area contributed by atoms with Crippen LogP contribution in [0.5, 0.6) is 11.5 Å². The monoisotopic (exact) mass is 236 g/mol. The summed E-state index contributed by atoms with van der Waals surface area (Å²) in [5, 5.41) is 9.83. The molecule has 2 unspecified atom stereocenters. The van der Waals surface area contributed by atoms with Crippen molar-refractivity contribution in [3.8, 4) is 11.5 Å². The molecule has 92 valence electrons. The highest BCUT2D eigenvalue weighted by atomic mass is 16.5. The van der Waals surface area contributed by atoms with E-state index in [2.05, 4.69) is 0 Å². The molecule has 0 aromatic heterocycles. The average molecular weight is 236 g/mol. The number of benzene rings is 1. The van der Waals surface area contributed by atoms with Gasteiger partial charge >= 0.3 is 0 Å². The Hall–Kier alpha value is -1.55. The molecule has 17 heavy (non-hydrogen) atoms. The SMILES string of the molecule is COC(C)C1Oc2cc(C)c(O)c(C)c2C1=O. The fourth-order valence-electron chi connectivity index (χ4n) is 2.10. The van der Waals surface area contributed by atoms with E-state index in [0.717, 1.165) is 0 Å². The van der Waals surface area contributed by atoms with Crippen LogP contribution in [0.2, 0.25) is 0 Å². The van der Waals surface area contributed by atoms with E-state index in [4.69, 9.17) is 9.47 Å². The fourth-order valence-corrected chi connectivity index (χ4v) is 2.10. The van der Waals surface area contributed by atoms with Crippen molar-refractivity contribution >= 4 is 5.78 Å². The van der Waals surface area contributed by atoms with Gasteiger partial charge in [0.05, 0.1) is 11.7 Å². The van der Waals surface area contributed by atoms with Crippen molar-refractivity contribution in [2.75, 3.05) is 7.11 Å². The number of ketones is 1. The first-order chi connectivity index (χ1) is 7.97. The van der Waals surface area contributed by atoms with Crippen LogP contribution in [-0.2, 0) is 4.74 Å². The Morgan fingerprint density at radius 1 is 1.47 bits per heavy atom. The lowest BCUT2D eigenvalue weighted by molar-refractivity contribution is 0.0246. The zero-order chi connectivity index (χ0) is 12.7. The summed E-state index contributed by atoms with van der Waals surface area (Å²) >= 11 is 0. The summed E-state index contributed by atoms with van der Waals surface area (Å²) in [6.07, 6.45) is -0.924. The number of aromatic hydroxyl groups is 1. The molecule has 0 saturated carbocycles. The molecule has 0 aliphatic carbocycles. The zero-order valence-corrected chi connectivity index (χ0v) is 10.4. The number of hydrogen-bond acceptors (Lipinski definition) is 4. The van der Waals surface area contributed by atoms with Gasteiger partial charge in [0.2, 0.25) is 5.78 Å². The minimum absolute atomic E-state index is 0.123. The minimum atomic E-state index is -0.616. The first-order valence-electron chi connectivity index (χ1n) is 5.54. The van der Waals surface area contributed by atoms with Crippen molar-refractivity contribution in [1.29, 1.82) is 0 Å². The minimum Gasteiger partial charge on any atom is -0.507 e. The van der Waals surface area contributed by atoms with Gasteiger partial charge in [-0.3, -0.25) is 4.79 Å². The summed E-state index contributed by atoms with van der Waals surface area (Å²) < 4.78 is 10.7. The molecule has 4 heteroatoms. The summed E-state index contributed by atoms with van der Waals surface area (Å²) in [6, 6.07) is 1.69. The van der Waals surface area contributed by atoms with Crippen LogP contribution in [0, 0.1) is 13.8 Å². The van der Waals surface area contributed by atoms with Crippen LogP contribution in [0.3, 0.4) is 0 Å². The molecule has 0 saturated heterocycles. The number of carbonyl (C=O) groups excluding carboxylic acids is 1. The highest BCUT2D eigenvalue weighted by Gasteiger charge is 2.38. The molecule has 0 spiro atoms. The average Bonchev–Trinajstić information content (AvgIpc) is 2.62. The number of methoxy groups -OCH3 is 1. The van der Waals surface area contributed by atoms with Gasteiger partial charge in [-0.05, 0) is 32.4 Å². The molecule has 1 aromatic rings. The van der Waals surface area contributed by atoms with Crippen molar-refractivity contribution in [2.45, 2.75) is 33.0 Å². The van der Waals surface area contributed by atoms with E-state index < -0.39 is 6.10 Å². The van der Waals surface area contributed by atoms with Gasteiger partial charge in [0.15, 0.2) is 6.10 Å². The standard InChI is InChI=1S/C13H16O4/c1-6-5-9-10(7(2)11(6)14)12(15)13(17-9)8(3)16-4/h5,8,13-14H,1-4H3. The van der Waals surface area contributed by atoms with Gasteiger partial charge in [-0.1, -0.05) is 0 Å². The molecule has 1 heterocycles. The Morgan fingerprint density at radius 3 is 2.71 bits per heavy atom. The van der Waals surface area contributed by atoms with Crippen molar-refractivity contribution in [3.63, 3.8) is 0 Å². The summed E-state index contributed by atoms with van der Waals surface area (Å²) in [5.74, 6) is 0.574. The lowest BCUT2D eigenvalue weighted by Crippen LogP contribution is -2.34. The number of hydrogen-bond donors (Lipinski definition) is 1. The van der Waals surface area contributed by atoms with Gasteiger partial charge in [-0.2, -0.15) is 0 Å². The largest absolute Gasteiger partial charge is 0.507 e. The second kappa shape index (κ2) is 4.04. The number of rotatable bonds is 2. The molecule has 4 nitrogen and oxygen atoms in total. The van der Waals surface area contributed by atoms with Gasteiger partial charge in [-0.15, -0.1) is 0 Å². The molecule has 0 radical (unpaired) electrons. The Labute approximate surface area is 100 Å². The first kappa shape index (κ1) is 11.9. The highest BCUT2D eigenvalue weighted by Crippen LogP contribution is 2.38. The second-order valence-electron chi connectivity index (χ2n) is 4.38. The fraction of sp³-hybridized carbons (Fsp3) is 0.462. The number of phenolic OH excluding ortho intramolecular Hbond substituents is 1. The van der Waals surface area contributed by atoms with Crippen LogP contribution in [-0.4, -0.2) is 30.2 Å². The Kier molecular flexibility index (Phi) is 2.83. The van der Waals surface area contributed by atoms with Gasteiger partial charge in [-0.25, -0.2) is 0 Å². The summed E-state index contributed by atoms with van der Waals surface area (Å²) in [6.45, 7) is 5.29. The zero-order valence-electron chi connectivity index (χ0n) is 10.4. The molecule has 1 aliphatic heterocycles. The van der Waals surface area contributed by atoms with Crippen LogP contribution in [0.1, 0.15) is 28.4 Å². The maximum Gasteiger partial charge on any atom is 0.210 e. The van der Waals surface area contributed by atoms with Gasteiger partial charge < -0.3 is 14.6 Å². The number of ether oxygens (including phenoxy) is 2. The summed E-state index contributed by atoms with van der Waals surface area (Å²) in [4.78, 5) is 12.2. The first-order valence-corrected chi connectivity index (χ1v) is 5.54. The Morgan fingerprint density at radius 2 is 2.12 bits per heavy atom. The Balaban J connectivity index is 2.49. The number of fused-ring (bicyclic) bond motifs is 1. The molecule has 1 aromatic carbocycles. The molecule has 2 atom stereocenters. The summed E-state index contributed by atoms with van der Waals surface area (Å²) in [5.41, 5.74) is 1.76. The predicted octanol–water partition coefficient (Wildman–Crippen LogP) is 1.99. The van der Waals surface area contributed by atoms with E-state index in [9.17, 15) is 9.90 Å². The maximum atomic E-state index is 12.2. The van der Waals surface area contributed by atoms with Gasteiger partial charge in [0, 0.05) is 12.7 Å². The molecule has 0 fully saturated rings. The number of aryl methyl sites for hydroxylation is 1. The molecular weight excluding hydrogens is 220 g/mol. The van der Waals surface area contributed by atoms with E-state index >= 15 is 0 Å². The van der Waals surface area contributed by atoms with Crippen LogP contribution in [0.15, 0.2) is 6.07 Å². The molecule has 1 N–H and O–H groups in total. The molecule has 0 bridgehead atoms. The van der Waals surface area contributed by atoms with Crippen LogP contribution < -0.4 is 4.74 Å². The van der Waals surface area contributed by atoms with Crippen molar-refractivity contribution in [3.05, 3.63) is 22.8 Å². The molecule has 1 aliphatic rings. The highest BCUT2D eigenvalue weighted by molar-refractivity contribution is 6.06. The smallest absolute Gasteiger partial charge is 0.210 e. The third-order valence-corrected chi connectivity index (χ3v) is 3.25. The van der Waals surface area contributed by atoms with Crippen LogP contribution in [0.25, 0.3) is 0 Å². The van der Waals surface area contributed by atoms with Gasteiger partial charge in [0.25, 0.3) is 0 Å². The third-order valence-electron chi connectivity index (χ3n) is 3.25. The van der Waals surface area contributed by atoms with E-state index in [1.807, 2.05) is 0 Å². The lowest BCUT2D eigenvalue weighted by atomic mass is 9.98. The summed E-state index contributed by atoms with van der Waals surface area (Å²) in [7, 11) is 1.54. The molecule has 2 rings (SSSR count). The normalized spacial score (nSPS) is 20.0. The molecular formula is C13H16O4. The van der Waals surface area contributed by atoms with Gasteiger partial charge in [0.1, 0.15) is 11.5 Å². The van der Waals surface area contributed by atoms with Crippen LogP contribution >= 0.6 is 0 Å². The van der Waals surface area contributed by atoms with Crippen molar-refractivity contribution < 1.29 is 19.4 Å². The van der Waals surface area contributed by atoms with Crippen molar-refractivity contribution in [2.24, 2.45) is 0 Å². The topological polar surface area (TPSA) is 55.8 Å². The predicted molar refractivity (Wildman–Crippen MR) is 62.8 cm³/mol. The van der Waals surface area contributed by atoms with E-state index in [0.29, 0.717) is 22.4 Å². The number of Topliss-reactive ketones (excluding diaryl/α,β-unsaturated/α-hetero) is 1. The van der Waals surface area contributed by atoms with Crippen LogP contribution in [0.4, 0.5) is 0 Å². The number of phenols is 1. The number of carbonyl (C=O) groups is 1. The van der Waals surface area contributed by atoms with E-state index in [1.165, 1.54) is 0 Å². The van der Waals surface area contributed by atoms with E-state index in [-0.39, 0.29) is 17.6 Å². The maximum absolute atomic E-state index is 12.2. The second-order valence-corrected chi connectivity index (χ2v) is 4.38. The Bertz CT molecular complexity index is 479. The third kappa shape index (κ3) is 1.69. The van der Waals surface area contributed by atoms with Crippen molar-refractivity contribution in [1.82, 2.24) is 0 Å². The quantitative estimate of drug-likeness (QED) is 0.853.